The van der Waals surface area contributed by atoms with E-state index in [4.69, 9.17) is 4.74 Å². The highest BCUT2D eigenvalue weighted by Gasteiger charge is 2.35. The van der Waals surface area contributed by atoms with Gasteiger partial charge in [-0.15, -0.1) is 11.3 Å². The lowest BCUT2D eigenvalue weighted by Crippen LogP contribution is -2.25. The van der Waals surface area contributed by atoms with Crippen molar-refractivity contribution in [1.29, 1.82) is 0 Å². The summed E-state index contributed by atoms with van der Waals surface area (Å²) in [5.74, 6) is -2.39. The number of rotatable bonds is 3. The normalized spacial score (nSPS) is 12.3. The number of thiophene rings is 1. The van der Waals surface area contributed by atoms with Gasteiger partial charge in [0.05, 0.1) is 0 Å². The second-order valence-corrected chi connectivity index (χ2v) is 7.56. The average Bonchev–Trinajstić information content (AvgIpc) is 2.53. The zero-order valence-corrected chi connectivity index (χ0v) is 13.3. The van der Waals surface area contributed by atoms with Crippen LogP contribution in [0.5, 0.6) is 5.75 Å². The molecule has 0 fully saturated rings. The molecular formula is C14H20O5S. The summed E-state index contributed by atoms with van der Waals surface area (Å²) < 4.78 is 5.61. The van der Waals surface area contributed by atoms with E-state index in [9.17, 15) is 19.8 Å². The summed E-state index contributed by atoms with van der Waals surface area (Å²) in [5, 5.41) is 18.7. The minimum Gasteiger partial charge on any atom is -0.485 e. The van der Waals surface area contributed by atoms with E-state index in [1.165, 1.54) is 0 Å². The van der Waals surface area contributed by atoms with Crippen molar-refractivity contribution < 1.29 is 24.5 Å². The number of aromatic carboxylic acids is 2. The summed E-state index contributed by atoms with van der Waals surface area (Å²) in [6.07, 6.45) is 0. The van der Waals surface area contributed by atoms with Crippen molar-refractivity contribution in [2.24, 2.45) is 0 Å². The average molecular weight is 300 g/mol. The molecule has 0 radical (unpaired) electrons. The van der Waals surface area contributed by atoms with Gasteiger partial charge in [-0.2, -0.15) is 0 Å². The summed E-state index contributed by atoms with van der Waals surface area (Å²) >= 11 is 0.965. The van der Waals surface area contributed by atoms with Crippen LogP contribution in [0.3, 0.4) is 0 Å². The van der Waals surface area contributed by atoms with Crippen molar-refractivity contribution in [3.63, 3.8) is 0 Å². The minimum atomic E-state index is -1.17. The van der Waals surface area contributed by atoms with Crippen molar-refractivity contribution in [3.05, 3.63) is 15.3 Å². The van der Waals surface area contributed by atoms with Crippen molar-refractivity contribution >= 4 is 23.3 Å². The predicted octanol–water partition coefficient (Wildman–Crippen LogP) is 3.62. The van der Waals surface area contributed by atoms with Crippen molar-refractivity contribution in [2.75, 3.05) is 0 Å². The molecule has 0 spiro atoms. The molecule has 112 valence electrons. The molecule has 0 aliphatic heterocycles. The van der Waals surface area contributed by atoms with Crippen molar-refractivity contribution in [1.82, 2.24) is 0 Å². The van der Waals surface area contributed by atoms with Crippen LogP contribution in [0.2, 0.25) is 0 Å². The Morgan fingerprint density at radius 2 is 1.50 bits per heavy atom. The first-order valence-corrected chi connectivity index (χ1v) is 6.99. The quantitative estimate of drug-likeness (QED) is 0.890. The molecule has 0 aromatic carbocycles. The molecule has 0 atom stereocenters. The van der Waals surface area contributed by atoms with Crippen LogP contribution >= 0.6 is 11.3 Å². The lowest BCUT2D eigenvalue weighted by molar-refractivity contribution is 0.0672. The standard InChI is InChI=1S/C14H20O5S/c1-13(2,3)10-7(11(15)16)8(19-14(4,5)6)9(20-10)12(17)18/h1-6H3,(H,15,16)(H,17,18). The molecule has 1 heterocycles. The zero-order valence-electron chi connectivity index (χ0n) is 12.5. The summed E-state index contributed by atoms with van der Waals surface area (Å²) in [7, 11) is 0. The van der Waals surface area contributed by atoms with Crippen LogP contribution < -0.4 is 4.74 Å². The summed E-state index contributed by atoms with van der Waals surface area (Å²) in [6.45, 7) is 10.8. The van der Waals surface area contributed by atoms with Gasteiger partial charge in [-0.1, -0.05) is 20.8 Å². The molecule has 0 bridgehead atoms. The van der Waals surface area contributed by atoms with E-state index in [0.29, 0.717) is 4.88 Å². The number of carboxylic acids is 2. The molecule has 0 aliphatic carbocycles. The maximum Gasteiger partial charge on any atom is 0.349 e. The highest BCUT2D eigenvalue weighted by Crippen LogP contribution is 2.43. The molecule has 5 nitrogen and oxygen atoms in total. The molecule has 1 aromatic rings. The Labute approximate surface area is 122 Å². The third kappa shape index (κ3) is 3.50. The molecule has 0 saturated heterocycles. The van der Waals surface area contributed by atoms with Crippen LogP contribution in [0.25, 0.3) is 0 Å². The van der Waals surface area contributed by atoms with Crippen LogP contribution in [0.4, 0.5) is 0 Å². The number of carbonyl (C=O) groups is 2. The Hall–Kier alpha value is -1.56. The van der Waals surface area contributed by atoms with Gasteiger partial charge in [-0.3, -0.25) is 0 Å². The van der Waals surface area contributed by atoms with Gasteiger partial charge in [0.15, 0.2) is 10.6 Å². The Morgan fingerprint density at radius 1 is 1.00 bits per heavy atom. The summed E-state index contributed by atoms with van der Waals surface area (Å²) in [4.78, 5) is 23.3. The Morgan fingerprint density at radius 3 is 1.80 bits per heavy atom. The molecule has 6 heteroatoms. The third-order valence-electron chi connectivity index (χ3n) is 2.36. The Kier molecular flexibility index (Phi) is 4.20. The highest BCUT2D eigenvalue weighted by molar-refractivity contribution is 7.14. The smallest absolute Gasteiger partial charge is 0.349 e. The largest absolute Gasteiger partial charge is 0.485 e. The number of ether oxygens (including phenoxy) is 1. The van der Waals surface area contributed by atoms with E-state index >= 15 is 0 Å². The second-order valence-electron chi connectivity index (χ2n) is 6.54. The lowest BCUT2D eigenvalue weighted by atomic mass is 9.91. The number of hydrogen-bond acceptors (Lipinski definition) is 4. The monoisotopic (exact) mass is 300 g/mol. The molecular weight excluding hydrogens is 280 g/mol. The minimum absolute atomic E-state index is 0.0465. The van der Waals surface area contributed by atoms with E-state index in [0.717, 1.165) is 11.3 Å². The molecule has 2 N–H and O–H groups in total. The molecule has 1 rings (SSSR count). The first kappa shape index (κ1) is 16.5. The van der Waals surface area contributed by atoms with Gasteiger partial charge in [0.25, 0.3) is 0 Å². The van der Waals surface area contributed by atoms with Gasteiger partial charge in [-0.25, -0.2) is 9.59 Å². The zero-order chi connectivity index (χ0) is 15.9. The van der Waals surface area contributed by atoms with E-state index in [1.54, 1.807) is 20.8 Å². The molecule has 0 saturated carbocycles. The molecule has 0 unspecified atom stereocenters. The van der Waals surface area contributed by atoms with Gasteiger partial charge in [0.2, 0.25) is 0 Å². The third-order valence-corrected chi connectivity index (χ3v) is 3.95. The molecule has 0 aliphatic rings. The van der Waals surface area contributed by atoms with Gasteiger partial charge < -0.3 is 14.9 Å². The highest BCUT2D eigenvalue weighted by atomic mass is 32.1. The van der Waals surface area contributed by atoms with Crippen LogP contribution in [0.1, 0.15) is 66.4 Å². The molecule has 20 heavy (non-hydrogen) atoms. The van der Waals surface area contributed by atoms with Crippen LogP contribution in [-0.2, 0) is 5.41 Å². The first-order valence-electron chi connectivity index (χ1n) is 6.17. The number of hydrogen-bond donors (Lipinski definition) is 2. The topological polar surface area (TPSA) is 83.8 Å². The fraction of sp³-hybridized carbons (Fsp3) is 0.571. The van der Waals surface area contributed by atoms with Crippen molar-refractivity contribution in [3.8, 4) is 5.75 Å². The van der Waals surface area contributed by atoms with Crippen LogP contribution in [0, 0.1) is 0 Å². The van der Waals surface area contributed by atoms with Crippen LogP contribution in [0.15, 0.2) is 0 Å². The Balaban J connectivity index is 3.64. The maximum absolute atomic E-state index is 11.5. The Bertz CT molecular complexity index is 543. The predicted molar refractivity (Wildman–Crippen MR) is 77.3 cm³/mol. The van der Waals surface area contributed by atoms with E-state index in [1.807, 2.05) is 20.8 Å². The molecule has 0 amide bonds. The summed E-state index contributed by atoms with van der Waals surface area (Å²) in [5.41, 5.74) is -1.19. The summed E-state index contributed by atoms with van der Waals surface area (Å²) in [6, 6.07) is 0. The van der Waals surface area contributed by atoms with Gasteiger partial charge in [-0.05, 0) is 26.2 Å². The first-order chi connectivity index (χ1) is 8.84. The van der Waals surface area contributed by atoms with Gasteiger partial charge >= 0.3 is 11.9 Å². The number of carboxylic acid groups (broad SMARTS) is 2. The van der Waals surface area contributed by atoms with Gasteiger partial charge in [0.1, 0.15) is 11.2 Å². The van der Waals surface area contributed by atoms with E-state index in [-0.39, 0.29) is 16.2 Å². The van der Waals surface area contributed by atoms with E-state index in [2.05, 4.69) is 0 Å². The fourth-order valence-corrected chi connectivity index (χ4v) is 2.80. The fourth-order valence-electron chi connectivity index (χ4n) is 1.68. The lowest BCUT2D eigenvalue weighted by Gasteiger charge is -2.22. The van der Waals surface area contributed by atoms with Crippen molar-refractivity contribution in [2.45, 2.75) is 52.6 Å². The van der Waals surface area contributed by atoms with Crippen LogP contribution in [-0.4, -0.2) is 27.8 Å². The SMILES string of the molecule is CC(C)(C)Oc1c(C(=O)O)sc(C(C)(C)C)c1C(=O)O. The van der Waals surface area contributed by atoms with Gasteiger partial charge in [0, 0.05) is 4.88 Å². The second kappa shape index (κ2) is 5.09. The maximum atomic E-state index is 11.5. The molecule has 1 aromatic heterocycles. The van der Waals surface area contributed by atoms with E-state index < -0.39 is 23.0 Å².